The SMILES string of the molecule is CSCc1ccc(C(=O)NC2CCCc3ccccc32)cc1. The Morgan fingerprint density at radius 2 is 1.95 bits per heavy atom. The van der Waals surface area contributed by atoms with Gasteiger partial charge in [0.2, 0.25) is 0 Å². The highest BCUT2D eigenvalue weighted by Crippen LogP contribution is 2.29. The van der Waals surface area contributed by atoms with E-state index in [0.717, 1.165) is 30.6 Å². The summed E-state index contributed by atoms with van der Waals surface area (Å²) in [6.07, 6.45) is 5.36. The van der Waals surface area contributed by atoms with Gasteiger partial charge in [-0.2, -0.15) is 11.8 Å². The highest BCUT2D eigenvalue weighted by atomic mass is 32.2. The molecular formula is C19H21NOS. The second-order valence-corrected chi connectivity index (χ2v) is 6.61. The van der Waals surface area contributed by atoms with Crippen LogP contribution in [0.25, 0.3) is 0 Å². The third-order valence-electron chi connectivity index (χ3n) is 4.20. The van der Waals surface area contributed by atoms with Gasteiger partial charge in [-0.3, -0.25) is 4.79 Å². The summed E-state index contributed by atoms with van der Waals surface area (Å²) in [7, 11) is 0. The van der Waals surface area contributed by atoms with Gasteiger partial charge in [0.1, 0.15) is 0 Å². The van der Waals surface area contributed by atoms with Crippen molar-refractivity contribution in [2.45, 2.75) is 31.1 Å². The van der Waals surface area contributed by atoms with Gasteiger partial charge in [-0.25, -0.2) is 0 Å². The Bertz CT molecular complexity index is 651. The number of hydrogen-bond donors (Lipinski definition) is 1. The van der Waals surface area contributed by atoms with Gasteiger partial charge in [-0.15, -0.1) is 0 Å². The second kappa shape index (κ2) is 7.01. The topological polar surface area (TPSA) is 29.1 Å². The maximum Gasteiger partial charge on any atom is 0.251 e. The van der Waals surface area contributed by atoms with Crippen LogP contribution < -0.4 is 5.32 Å². The quantitative estimate of drug-likeness (QED) is 0.909. The summed E-state index contributed by atoms with van der Waals surface area (Å²) in [6.45, 7) is 0. The van der Waals surface area contributed by atoms with Gasteiger partial charge >= 0.3 is 0 Å². The first-order valence-electron chi connectivity index (χ1n) is 7.74. The zero-order chi connectivity index (χ0) is 15.4. The lowest BCUT2D eigenvalue weighted by atomic mass is 9.87. The summed E-state index contributed by atoms with van der Waals surface area (Å²) in [5.41, 5.74) is 4.65. The van der Waals surface area contributed by atoms with E-state index in [9.17, 15) is 4.79 Å². The molecule has 2 aromatic carbocycles. The molecule has 1 N–H and O–H groups in total. The fourth-order valence-electron chi connectivity index (χ4n) is 3.06. The van der Waals surface area contributed by atoms with Crippen molar-refractivity contribution >= 4 is 17.7 Å². The molecule has 0 radical (unpaired) electrons. The summed E-state index contributed by atoms with van der Waals surface area (Å²) < 4.78 is 0. The summed E-state index contributed by atoms with van der Waals surface area (Å²) in [5, 5.41) is 3.20. The van der Waals surface area contributed by atoms with Crippen molar-refractivity contribution < 1.29 is 4.79 Å². The molecule has 1 amide bonds. The first kappa shape index (κ1) is 15.2. The maximum atomic E-state index is 12.5. The molecule has 3 rings (SSSR count). The lowest BCUT2D eigenvalue weighted by Gasteiger charge is -2.26. The third-order valence-corrected chi connectivity index (χ3v) is 4.82. The zero-order valence-corrected chi connectivity index (χ0v) is 13.7. The zero-order valence-electron chi connectivity index (χ0n) is 12.8. The van der Waals surface area contributed by atoms with E-state index in [0.29, 0.717) is 0 Å². The van der Waals surface area contributed by atoms with Crippen LogP contribution in [0.2, 0.25) is 0 Å². The summed E-state index contributed by atoms with van der Waals surface area (Å²) in [5.74, 6) is 1.01. The van der Waals surface area contributed by atoms with Crippen LogP contribution in [0.1, 0.15) is 45.9 Å². The number of amides is 1. The summed E-state index contributed by atoms with van der Waals surface area (Å²) in [4.78, 5) is 12.5. The Labute approximate surface area is 136 Å². The minimum Gasteiger partial charge on any atom is -0.345 e. The second-order valence-electron chi connectivity index (χ2n) is 5.75. The molecule has 0 bridgehead atoms. The Morgan fingerprint density at radius 1 is 1.18 bits per heavy atom. The van der Waals surface area contributed by atoms with Gasteiger partial charge in [0, 0.05) is 11.3 Å². The van der Waals surface area contributed by atoms with Crippen molar-refractivity contribution in [3.8, 4) is 0 Å². The fourth-order valence-corrected chi connectivity index (χ4v) is 3.59. The predicted molar refractivity (Wildman–Crippen MR) is 93.2 cm³/mol. The normalized spacial score (nSPS) is 16.9. The smallest absolute Gasteiger partial charge is 0.251 e. The number of nitrogens with one attached hydrogen (secondary N) is 1. The highest BCUT2D eigenvalue weighted by Gasteiger charge is 2.21. The van der Waals surface area contributed by atoms with Gasteiger partial charge in [0.15, 0.2) is 0 Å². The fraction of sp³-hybridized carbons (Fsp3) is 0.316. The van der Waals surface area contributed by atoms with E-state index in [1.54, 1.807) is 11.8 Å². The first-order valence-corrected chi connectivity index (χ1v) is 9.14. The Kier molecular flexibility index (Phi) is 4.84. The Balaban J connectivity index is 1.72. The highest BCUT2D eigenvalue weighted by molar-refractivity contribution is 7.97. The van der Waals surface area contributed by atoms with E-state index in [4.69, 9.17) is 0 Å². The molecule has 0 fully saturated rings. The summed E-state index contributed by atoms with van der Waals surface area (Å²) >= 11 is 1.79. The minimum atomic E-state index is 0.0254. The van der Waals surface area contributed by atoms with Crippen molar-refractivity contribution in [1.82, 2.24) is 5.32 Å². The average Bonchev–Trinajstić information content (AvgIpc) is 2.56. The standard InChI is InChI=1S/C19H21NOS/c1-22-13-14-9-11-16(12-10-14)19(21)20-18-8-4-6-15-5-2-3-7-17(15)18/h2-3,5,7,9-12,18H,4,6,8,13H2,1H3,(H,20,21). The van der Waals surface area contributed by atoms with E-state index in [1.807, 2.05) is 24.3 Å². The Morgan fingerprint density at radius 3 is 2.73 bits per heavy atom. The van der Waals surface area contributed by atoms with Gasteiger partial charge in [-0.05, 0) is 54.3 Å². The molecule has 0 saturated carbocycles. The minimum absolute atomic E-state index is 0.0254. The number of rotatable bonds is 4. The van der Waals surface area contributed by atoms with E-state index in [-0.39, 0.29) is 11.9 Å². The molecule has 114 valence electrons. The van der Waals surface area contributed by atoms with Crippen LogP contribution in [0, 0.1) is 0 Å². The van der Waals surface area contributed by atoms with E-state index in [2.05, 4.69) is 35.8 Å². The van der Waals surface area contributed by atoms with Crippen LogP contribution in [0.3, 0.4) is 0 Å². The molecule has 0 saturated heterocycles. The van der Waals surface area contributed by atoms with E-state index >= 15 is 0 Å². The van der Waals surface area contributed by atoms with Crippen LogP contribution >= 0.6 is 11.8 Å². The van der Waals surface area contributed by atoms with Crippen LogP contribution in [-0.4, -0.2) is 12.2 Å². The monoisotopic (exact) mass is 311 g/mol. The van der Waals surface area contributed by atoms with Crippen LogP contribution in [-0.2, 0) is 12.2 Å². The average molecular weight is 311 g/mol. The lowest BCUT2D eigenvalue weighted by Crippen LogP contribution is -2.30. The van der Waals surface area contributed by atoms with E-state index < -0.39 is 0 Å². The van der Waals surface area contributed by atoms with Gasteiger partial charge in [0.25, 0.3) is 5.91 Å². The molecule has 2 aromatic rings. The molecule has 2 nitrogen and oxygen atoms in total. The molecule has 1 aliphatic rings. The number of benzene rings is 2. The number of aryl methyl sites for hydroxylation is 1. The first-order chi connectivity index (χ1) is 10.8. The molecule has 1 atom stereocenters. The lowest BCUT2D eigenvalue weighted by molar-refractivity contribution is 0.0933. The summed E-state index contributed by atoms with van der Waals surface area (Å²) in [6, 6.07) is 16.5. The molecule has 1 unspecified atom stereocenters. The molecule has 0 spiro atoms. The number of thioether (sulfide) groups is 1. The van der Waals surface area contributed by atoms with Crippen molar-refractivity contribution in [1.29, 1.82) is 0 Å². The van der Waals surface area contributed by atoms with Crippen LogP contribution in [0.15, 0.2) is 48.5 Å². The van der Waals surface area contributed by atoms with Crippen molar-refractivity contribution in [2.24, 2.45) is 0 Å². The number of carbonyl (C=O) groups is 1. The molecule has 22 heavy (non-hydrogen) atoms. The molecular weight excluding hydrogens is 290 g/mol. The van der Waals surface area contributed by atoms with Crippen molar-refractivity contribution in [3.05, 3.63) is 70.8 Å². The van der Waals surface area contributed by atoms with Gasteiger partial charge in [-0.1, -0.05) is 36.4 Å². The van der Waals surface area contributed by atoms with Crippen LogP contribution in [0.5, 0.6) is 0 Å². The van der Waals surface area contributed by atoms with Gasteiger partial charge in [0.05, 0.1) is 6.04 Å². The van der Waals surface area contributed by atoms with Crippen molar-refractivity contribution in [2.75, 3.05) is 6.26 Å². The van der Waals surface area contributed by atoms with Crippen LogP contribution in [0.4, 0.5) is 0 Å². The molecule has 0 aliphatic heterocycles. The number of hydrogen-bond acceptors (Lipinski definition) is 2. The largest absolute Gasteiger partial charge is 0.345 e. The van der Waals surface area contributed by atoms with Gasteiger partial charge < -0.3 is 5.32 Å². The molecule has 0 heterocycles. The molecule has 0 aromatic heterocycles. The molecule has 1 aliphatic carbocycles. The third kappa shape index (κ3) is 3.36. The molecule has 3 heteroatoms. The van der Waals surface area contributed by atoms with E-state index in [1.165, 1.54) is 16.7 Å². The Hall–Kier alpha value is -1.74. The van der Waals surface area contributed by atoms with Crippen molar-refractivity contribution in [3.63, 3.8) is 0 Å². The number of fused-ring (bicyclic) bond motifs is 1. The predicted octanol–water partition coefficient (Wildman–Crippen LogP) is 4.36. The maximum absolute atomic E-state index is 12.5. The number of carbonyl (C=O) groups excluding carboxylic acids is 1.